The van der Waals surface area contributed by atoms with Gasteiger partial charge in [-0.15, -0.1) is 0 Å². The first-order valence-electron chi connectivity index (χ1n) is 9.61. The molecule has 8 heteroatoms. The lowest BCUT2D eigenvalue weighted by Crippen LogP contribution is -2.51. The normalized spacial score (nSPS) is 21.6. The quantitative estimate of drug-likeness (QED) is 0.832. The number of rotatable bonds is 4. The smallest absolute Gasteiger partial charge is 0.274 e. The van der Waals surface area contributed by atoms with Crippen LogP contribution >= 0.6 is 0 Å². The van der Waals surface area contributed by atoms with Crippen LogP contribution in [0.25, 0.3) is 0 Å². The summed E-state index contributed by atoms with van der Waals surface area (Å²) in [6, 6.07) is 7.23. The third kappa shape index (κ3) is 3.64. The monoisotopic (exact) mass is 387 g/mol. The number of H-pyrrole nitrogens is 1. The molecule has 0 aliphatic carbocycles. The molecule has 2 aromatic rings. The van der Waals surface area contributed by atoms with Crippen LogP contribution in [0, 0.1) is 0 Å². The van der Waals surface area contributed by atoms with E-state index in [4.69, 9.17) is 14.2 Å². The Morgan fingerprint density at radius 3 is 2.93 bits per heavy atom. The highest BCUT2D eigenvalue weighted by molar-refractivity contribution is 5.92. The molecule has 1 aromatic carbocycles. The maximum absolute atomic E-state index is 12.7. The van der Waals surface area contributed by atoms with Gasteiger partial charge in [-0.05, 0) is 24.1 Å². The number of amides is 1. The van der Waals surface area contributed by atoms with Crippen molar-refractivity contribution in [3.05, 3.63) is 35.7 Å². The number of aliphatic hydroxyl groups is 1. The van der Waals surface area contributed by atoms with E-state index in [2.05, 4.69) is 10.2 Å². The van der Waals surface area contributed by atoms with E-state index >= 15 is 0 Å². The van der Waals surface area contributed by atoms with E-state index in [0.29, 0.717) is 49.1 Å². The van der Waals surface area contributed by atoms with Crippen molar-refractivity contribution in [3.63, 3.8) is 0 Å². The molecule has 2 aliphatic rings. The molecular formula is C20H25N3O5. The van der Waals surface area contributed by atoms with E-state index in [1.54, 1.807) is 17.0 Å². The number of aromatic amines is 1. The minimum Gasteiger partial charge on any atom is -0.486 e. The molecule has 3 heterocycles. The fourth-order valence-corrected chi connectivity index (χ4v) is 3.44. The minimum absolute atomic E-state index is 0.186. The summed E-state index contributed by atoms with van der Waals surface area (Å²) in [5.41, 5.74) is 1.29. The zero-order chi connectivity index (χ0) is 19.7. The maximum Gasteiger partial charge on any atom is 0.274 e. The molecule has 1 amide bonds. The van der Waals surface area contributed by atoms with Crippen molar-refractivity contribution in [1.82, 2.24) is 15.1 Å². The molecule has 8 nitrogen and oxygen atoms in total. The molecule has 2 aliphatic heterocycles. The first-order valence-corrected chi connectivity index (χ1v) is 9.61. The first kappa shape index (κ1) is 18.6. The van der Waals surface area contributed by atoms with Crippen molar-refractivity contribution >= 4 is 5.91 Å². The summed E-state index contributed by atoms with van der Waals surface area (Å²) in [7, 11) is 0. The van der Waals surface area contributed by atoms with Crippen LogP contribution in [-0.4, -0.2) is 64.6 Å². The van der Waals surface area contributed by atoms with Crippen molar-refractivity contribution in [3.8, 4) is 17.2 Å². The van der Waals surface area contributed by atoms with Gasteiger partial charge in [0.2, 0.25) is 5.75 Å². The van der Waals surface area contributed by atoms with Crippen LogP contribution in [0.5, 0.6) is 17.2 Å². The van der Waals surface area contributed by atoms with Crippen LogP contribution < -0.4 is 14.2 Å². The van der Waals surface area contributed by atoms with E-state index in [9.17, 15) is 9.90 Å². The van der Waals surface area contributed by atoms with Crippen molar-refractivity contribution in [2.75, 3.05) is 26.3 Å². The summed E-state index contributed by atoms with van der Waals surface area (Å²) in [6.45, 7) is 5.71. The fourth-order valence-electron chi connectivity index (χ4n) is 3.44. The summed E-state index contributed by atoms with van der Waals surface area (Å²) >= 11 is 0. The molecule has 0 bridgehead atoms. The van der Waals surface area contributed by atoms with Crippen molar-refractivity contribution in [2.45, 2.75) is 38.4 Å². The lowest BCUT2D eigenvalue weighted by atomic mass is 10.0. The summed E-state index contributed by atoms with van der Waals surface area (Å²) in [5.74, 6) is 1.84. The van der Waals surface area contributed by atoms with Crippen LogP contribution in [0.1, 0.15) is 42.4 Å². The number of nitrogens with one attached hydrogen (secondary N) is 1. The van der Waals surface area contributed by atoms with E-state index in [0.717, 1.165) is 5.69 Å². The SMILES string of the molecule is CC(C)c1cc(C(=O)N2CC[C@@H](Oc3cccc4c3OCCO4)[C@H](O)C2)n[nH]1. The van der Waals surface area contributed by atoms with Gasteiger partial charge in [-0.1, -0.05) is 19.9 Å². The molecule has 4 rings (SSSR count). The van der Waals surface area contributed by atoms with Gasteiger partial charge in [0.1, 0.15) is 31.1 Å². The second-order valence-electron chi connectivity index (χ2n) is 7.41. The molecule has 0 saturated carbocycles. The Morgan fingerprint density at radius 2 is 2.18 bits per heavy atom. The molecule has 2 N–H and O–H groups in total. The number of hydrogen-bond donors (Lipinski definition) is 2. The summed E-state index contributed by atoms with van der Waals surface area (Å²) in [6.07, 6.45) is -0.716. The van der Waals surface area contributed by atoms with E-state index in [1.807, 2.05) is 26.0 Å². The van der Waals surface area contributed by atoms with Crippen molar-refractivity contribution < 1.29 is 24.1 Å². The molecule has 0 unspecified atom stereocenters. The van der Waals surface area contributed by atoms with Gasteiger partial charge in [0.25, 0.3) is 5.91 Å². The average molecular weight is 387 g/mol. The van der Waals surface area contributed by atoms with E-state index < -0.39 is 12.2 Å². The maximum atomic E-state index is 12.7. The number of likely N-dealkylation sites (tertiary alicyclic amines) is 1. The summed E-state index contributed by atoms with van der Waals surface area (Å²) in [4.78, 5) is 14.3. The first-order chi connectivity index (χ1) is 13.5. The predicted molar refractivity (Wildman–Crippen MR) is 101 cm³/mol. The number of piperidine rings is 1. The van der Waals surface area contributed by atoms with Gasteiger partial charge in [-0.3, -0.25) is 9.89 Å². The minimum atomic E-state index is -0.804. The molecule has 28 heavy (non-hydrogen) atoms. The molecule has 150 valence electrons. The topological polar surface area (TPSA) is 96.9 Å². The summed E-state index contributed by atoms with van der Waals surface area (Å²) < 4.78 is 17.2. The molecule has 0 spiro atoms. The van der Waals surface area contributed by atoms with Crippen molar-refractivity contribution in [2.24, 2.45) is 0 Å². The van der Waals surface area contributed by atoms with Crippen LogP contribution in [0.2, 0.25) is 0 Å². The lowest BCUT2D eigenvalue weighted by Gasteiger charge is -2.36. The highest BCUT2D eigenvalue weighted by atomic mass is 16.6. The number of ether oxygens (including phenoxy) is 3. The highest BCUT2D eigenvalue weighted by Gasteiger charge is 2.33. The lowest BCUT2D eigenvalue weighted by molar-refractivity contribution is -0.0216. The van der Waals surface area contributed by atoms with Gasteiger partial charge in [0.15, 0.2) is 11.5 Å². The Bertz CT molecular complexity index is 850. The second kappa shape index (κ2) is 7.71. The molecular weight excluding hydrogens is 362 g/mol. The number of aromatic nitrogens is 2. The molecule has 0 radical (unpaired) electrons. The zero-order valence-corrected chi connectivity index (χ0v) is 16.1. The Balaban J connectivity index is 1.41. The van der Waals surface area contributed by atoms with Gasteiger partial charge in [-0.2, -0.15) is 5.10 Å². The number of para-hydroxylation sites is 1. The number of aliphatic hydroxyl groups excluding tert-OH is 1. The standard InChI is InChI=1S/C20H25N3O5/c1-12(2)13-10-14(22-21-13)20(25)23-7-6-16(15(24)11-23)28-18-5-3-4-17-19(18)27-9-8-26-17/h3-5,10,12,15-16,24H,6-9,11H2,1-2H3,(H,21,22)/t15-,16-/m1/s1. The Hall–Kier alpha value is -2.74. The molecule has 1 fully saturated rings. The Morgan fingerprint density at radius 1 is 1.36 bits per heavy atom. The van der Waals surface area contributed by atoms with Gasteiger partial charge in [0.05, 0.1) is 6.54 Å². The second-order valence-corrected chi connectivity index (χ2v) is 7.41. The van der Waals surface area contributed by atoms with Gasteiger partial charge in [0, 0.05) is 18.7 Å². The average Bonchev–Trinajstić information content (AvgIpc) is 3.20. The van der Waals surface area contributed by atoms with Crippen LogP contribution in [-0.2, 0) is 0 Å². The van der Waals surface area contributed by atoms with Crippen molar-refractivity contribution in [1.29, 1.82) is 0 Å². The van der Waals surface area contributed by atoms with E-state index in [-0.39, 0.29) is 18.4 Å². The molecule has 1 saturated heterocycles. The summed E-state index contributed by atoms with van der Waals surface area (Å²) in [5, 5.41) is 17.6. The number of carbonyl (C=O) groups excluding carboxylic acids is 1. The largest absolute Gasteiger partial charge is 0.486 e. The molecule has 1 aromatic heterocycles. The zero-order valence-electron chi connectivity index (χ0n) is 16.1. The number of hydrogen-bond acceptors (Lipinski definition) is 6. The third-order valence-electron chi connectivity index (χ3n) is 5.05. The highest BCUT2D eigenvalue weighted by Crippen LogP contribution is 2.40. The number of nitrogens with zero attached hydrogens (tertiary/aromatic N) is 2. The van der Waals surface area contributed by atoms with Crippen LogP contribution in [0.3, 0.4) is 0 Å². The number of fused-ring (bicyclic) bond motifs is 1. The van der Waals surface area contributed by atoms with E-state index in [1.165, 1.54) is 0 Å². The van der Waals surface area contributed by atoms with Gasteiger partial charge >= 0.3 is 0 Å². The third-order valence-corrected chi connectivity index (χ3v) is 5.05. The number of benzene rings is 1. The molecule has 2 atom stereocenters. The predicted octanol–water partition coefficient (Wildman–Crippen LogP) is 1.96. The fraction of sp³-hybridized carbons (Fsp3) is 0.500. The number of β-amino-alcohol motifs (C(OH)–C–C–N with tert-alkyl or cyclic N) is 1. The van der Waals surface area contributed by atoms with Crippen LogP contribution in [0.4, 0.5) is 0 Å². The van der Waals surface area contributed by atoms with Gasteiger partial charge in [-0.25, -0.2) is 0 Å². The van der Waals surface area contributed by atoms with Gasteiger partial charge < -0.3 is 24.2 Å². The number of carbonyl (C=O) groups is 1. The van der Waals surface area contributed by atoms with Crippen LogP contribution in [0.15, 0.2) is 24.3 Å². The Labute approximate surface area is 163 Å². The Kier molecular flexibility index (Phi) is 5.13.